The molecule has 0 radical (unpaired) electrons. The highest BCUT2D eigenvalue weighted by Gasteiger charge is 2.33. The van der Waals surface area contributed by atoms with Gasteiger partial charge in [-0.25, -0.2) is 0 Å². The average Bonchev–Trinajstić information content (AvgIpc) is 3.30. The Balaban J connectivity index is 1.39. The molecule has 3 nitrogen and oxygen atoms in total. The number of anilines is 1. The molecule has 2 heterocycles. The maximum atomic E-state index is 13.0. The Morgan fingerprint density at radius 2 is 1.92 bits per heavy atom. The second-order valence-corrected chi connectivity index (χ2v) is 7.14. The quantitative estimate of drug-likeness (QED) is 0.869. The number of nitrogens with zero attached hydrogens (tertiary/aromatic N) is 1. The number of ether oxygens (including phenoxy) is 1. The predicted molar refractivity (Wildman–Crippen MR) is 94.1 cm³/mol. The zero-order valence-electron chi connectivity index (χ0n) is 13.8. The summed E-state index contributed by atoms with van der Waals surface area (Å²) < 4.78 is 5.85. The lowest BCUT2D eigenvalue weighted by atomic mass is 9.93. The molecule has 2 aliphatic heterocycles. The number of rotatable bonds is 3. The Morgan fingerprint density at radius 3 is 2.83 bits per heavy atom. The molecule has 0 amide bonds. The summed E-state index contributed by atoms with van der Waals surface area (Å²) in [4.78, 5) is 15.2. The van der Waals surface area contributed by atoms with Crippen LogP contribution in [0.25, 0.3) is 0 Å². The maximum absolute atomic E-state index is 13.0. The zero-order valence-corrected chi connectivity index (χ0v) is 13.8. The van der Waals surface area contributed by atoms with Crippen molar-refractivity contribution >= 4 is 11.5 Å². The lowest BCUT2D eigenvalue weighted by Gasteiger charge is -2.20. The van der Waals surface area contributed by atoms with Gasteiger partial charge in [0.15, 0.2) is 5.78 Å². The van der Waals surface area contributed by atoms with Crippen LogP contribution in [0.4, 0.5) is 5.69 Å². The Kier molecular flexibility index (Phi) is 3.15. The number of Topliss-reactive ketones (excluding diaryl/α,β-unsaturated/α-hetero) is 1. The number of aryl methyl sites for hydroxylation is 2. The minimum Gasteiger partial charge on any atom is -0.492 e. The van der Waals surface area contributed by atoms with Crippen LogP contribution in [0.5, 0.6) is 5.75 Å². The molecule has 2 aromatic carbocycles. The molecule has 1 aliphatic carbocycles. The molecule has 0 bridgehead atoms. The van der Waals surface area contributed by atoms with Gasteiger partial charge in [-0.3, -0.25) is 4.79 Å². The smallest absolute Gasteiger partial charge is 0.163 e. The highest BCUT2D eigenvalue weighted by molar-refractivity contribution is 5.91. The van der Waals surface area contributed by atoms with Crippen molar-refractivity contribution in [1.29, 1.82) is 0 Å². The van der Waals surface area contributed by atoms with E-state index in [-0.39, 0.29) is 11.7 Å². The Morgan fingerprint density at radius 1 is 1.08 bits per heavy atom. The van der Waals surface area contributed by atoms with E-state index >= 15 is 0 Å². The van der Waals surface area contributed by atoms with Crippen LogP contribution >= 0.6 is 0 Å². The van der Waals surface area contributed by atoms with Gasteiger partial charge < -0.3 is 9.64 Å². The van der Waals surface area contributed by atoms with E-state index < -0.39 is 0 Å². The van der Waals surface area contributed by atoms with Gasteiger partial charge in [0, 0.05) is 17.8 Å². The van der Waals surface area contributed by atoms with Crippen molar-refractivity contribution in [3.63, 3.8) is 0 Å². The van der Waals surface area contributed by atoms with Gasteiger partial charge in [-0.1, -0.05) is 24.3 Å². The number of fused-ring (bicyclic) bond motifs is 3. The molecule has 2 aromatic rings. The van der Waals surface area contributed by atoms with Crippen molar-refractivity contribution in [2.24, 2.45) is 0 Å². The van der Waals surface area contributed by atoms with Gasteiger partial charge in [0.25, 0.3) is 0 Å². The summed E-state index contributed by atoms with van der Waals surface area (Å²) in [6.07, 6.45) is 4.55. The van der Waals surface area contributed by atoms with E-state index in [0.29, 0.717) is 13.2 Å². The molecule has 122 valence electrons. The standard InChI is InChI=1S/C21H21NO2/c23-20(12-22-9-8-14-4-1-2-7-19(14)22)18-13-24-21-11-16-6-3-5-15(16)10-17(18)21/h1-2,4,7,10-11,18H,3,5-6,8-9,12-13H2/t18-/m0/s1. The molecular weight excluding hydrogens is 298 g/mol. The molecule has 3 heteroatoms. The average molecular weight is 319 g/mol. The van der Waals surface area contributed by atoms with Crippen LogP contribution in [-0.4, -0.2) is 25.5 Å². The first-order valence-electron chi connectivity index (χ1n) is 8.93. The molecule has 24 heavy (non-hydrogen) atoms. The van der Waals surface area contributed by atoms with Crippen LogP contribution in [0.15, 0.2) is 36.4 Å². The van der Waals surface area contributed by atoms with E-state index in [1.807, 2.05) is 0 Å². The van der Waals surface area contributed by atoms with Crippen molar-refractivity contribution in [2.45, 2.75) is 31.6 Å². The molecule has 0 N–H and O–H groups in total. The van der Waals surface area contributed by atoms with E-state index in [2.05, 4.69) is 41.3 Å². The van der Waals surface area contributed by atoms with E-state index in [9.17, 15) is 4.79 Å². The van der Waals surface area contributed by atoms with Crippen LogP contribution in [0.2, 0.25) is 0 Å². The van der Waals surface area contributed by atoms with Crippen molar-refractivity contribution in [3.8, 4) is 5.75 Å². The minimum absolute atomic E-state index is 0.0985. The summed E-state index contributed by atoms with van der Waals surface area (Å²) in [5, 5.41) is 0. The normalized spacial score (nSPS) is 20.5. The minimum atomic E-state index is -0.0985. The topological polar surface area (TPSA) is 29.5 Å². The molecule has 5 rings (SSSR count). The second kappa shape index (κ2) is 5.37. The fourth-order valence-corrected chi connectivity index (χ4v) is 4.42. The van der Waals surface area contributed by atoms with E-state index in [4.69, 9.17) is 4.74 Å². The number of benzene rings is 2. The largest absolute Gasteiger partial charge is 0.492 e. The first-order valence-corrected chi connectivity index (χ1v) is 8.93. The van der Waals surface area contributed by atoms with Gasteiger partial charge in [-0.2, -0.15) is 0 Å². The fourth-order valence-electron chi connectivity index (χ4n) is 4.42. The van der Waals surface area contributed by atoms with E-state index in [1.165, 1.54) is 28.8 Å². The van der Waals surface area contributed by atoms with Gasteiger partial charge in [0.2, 0.25) is 0 Å². The van der Waals surface area contributed by atoms with Crippen LogP contribution < -0.4 is 9.64 Å². The summed E-state index contributed by atoms with van der Waals surface area (Å²) >= 11 is 0. The van der Waals surface area contributed by atoms with Gasteiger partial charge in [0.05, 0.1) is 12.5 Å². The number of ketones is 1. The van der Waals surface area contributed by atoms with Crippen LogP contribution in [0.1, 0.15) is 34.6 Å². The van der Waals surface area contributed by atoms with Crippen molar-refractivity contribution in [2.75, 3.05) is 24.6 Å². The Bertz CT molecular complexity index is 827. The lowest BCUT2D eigenvalue weighted by Crippen LogP contribution is -2.31. The molecule has 0 saturated carbocycles. The lowest BCUT2D eigenvalue weighted by molar-refractivity contribution is -0.119. The van der Waals surface area contributed by atoms with Gasteiger partial charge in [-0.15, -0.1) is 0 Å². The molecule has 3 aliphatic rings. The van der Waals surface area contributed by atoms with Gasteiger partial charge in [0.1, 0.15) is 12.4 Å². The summed E-state index contributed by atoms with van der Waals surface area (Å²) in [6, 6.07) is 12.8. The Hall–Kier alpha value is -2.29. The molecular formula is C21H21NO2. The van der Waals surface area contributed by atoms with Crippen LogP contribution in [0.3, 0.4) is 0 Å². The summed E-state index contributed by atoms with van der Waals surface area (Å²) in [5.74, 6) is 1.12. The zero-order chi connectivity index (χ0) is 16.1. The molecule has 0 fully saturated rings. The number of carbonyl (C=O) groups excluding carboxylic acids is 1. The maximum Gasteiger partial charge on any atom is 0.163 e. The summed E-state index contributed by atoms with van der Waals surface area (Å²) in [7, 11) is 0. The monoisotopic (exact) mass is 319 g/mol. The third-order valence-electron chi connectivity index (χ3n) is 5.72. The van der Waals surface area contributed by atoms with Crippen molar-refractivity contribution in [1.82, 2.24) is 0 Å². The summed E-state index contributed by atoms with van der Waals surface area (Å²) in [5.41, 5.74) is 6.53. The first kappa shape index (κ1) is 14.1. The number of para-hydroxylation sites is 1. The fraction of sp³-hybridized carbons (Fsp3) is 0.381. The number of carbonyl (C=O) groups is 1. The second-order valence-electron chi connectivity index (χ2n) is 7.14. The van der Waals surface area contributed by atoms with E-state index in [1.54, 1.807) is 0 Å². The number of hydrogen-bond acceptors (Lipinski definition) is 3. The SMILES string of the molecule is O=C(CN1CCc2ccccc21)[C@H]1COc2cc3c(cc21)CCC3. The molecule has 0 unspecified atom stereocenters. The van der Waals surface area contributed by atoms with Gasteiger partial charge >= 0.3 is 0 Å². The third kappa shape index (κ3) is 2.15. The van der Waals surface area contributed by atoms with Gasteiger partial charge in [-0.05, 0) is 54.5 Å². The highest BCUT2D eigenvalue weighted by atomic mass is 16.5. The third-order valence-corrected chi connectivity index (χ3v) is 5.72. The molecule has 0 spiro atoms. The van der Waals surface area contributed by atoms with Crippen molar-refractivity contribution in [3.05, 3.63) is 58.7 Å². The number of hydrogen-bond donors (Lipinski definition) is 0. The molecule has 0 saturated heterocycles. The highest BCUT2D eigenvalue weighted by Crippen LogP contribution is 2.39. The molecule has 0 aromatic heterocycles. The van der Waals surface area contributed by atoms with Crippen LogP contribution in [-0.2, 0) is 24.1 Å². The molecule has 1 atom stereocenters. The predicted octanol–water partition coefficient (Wildman–Crippen LogP) is 3.28. The first-order chi connectivity index (χ1) is 11.8. The Labute approximate surface area is 142 Å². The van der Waals surface area contributed by atoms with E-state index in [0.717, 1.165) is 37.1 Å². The van der Waals surface area contributed by atoms with Crippen molar-refractivity contribution < 1.29 is 9.53 Å². The summed E-state index contributed by atoms with van der Waals surface area (Å²) in [6.45, 7) is 1.93. The van der Waals surface area contributed by atoms with Crippen LogP contribution in [0, 0.1) is 0 Å².